The van der Waals surface area contributed by atoms with E-state index in [1.807, 2.05) is 4.90 Å². The maximum Gasteiger partial charge on any atom is 0.167 e. The topological polar surface area (TPSA) is 66.9 Å². The molecule has 1 N–H and O–H groups in total. The van der Waals surface area contributed by atoms with Crippen molar-refractivity contribution in [3.8, 4) is 0 Å². The van der Waals surface area contributed by atoms with E-state index in [9.17, 15) is 4.39 Å². The predicted octanol–water partition coefficient (Wildman–Crippen LogP) is 2.84. The van der Waals surface area contributed by atoms with Crippen molar-refractivity contribution in [3.63, 3.8) is 0 Å². The number of hydrogen-bond acceptors (Lipinski definition) is 5. The highest BCUT2D eigenvalue weighted by Gasteiger charge is 2.38. The van der Waals surface area contributed by atoms with Crippen LogP contribution in [0.3, 0.4) is 0 Å². The van der Waals surface area contributed by atoms with Crippen LogP contribution in [0, 0.1) is 5.82 Å². The first-order chi connectivity index (χ1) is 11.2. The largest absolute Gasteiger partial charge is 0.380 e. The van der Waals surface area contributed by atoms with Crippen LogP contribution >= 0.6 is 11.6 Å². The summed E-state index contributed by atoms with van der Waals surface area (Å²) in [5.41, 5.74) is 0. The lowest BCUT2D eigenvalue weighted by Gasteiger charge is -2.24. The molecule has 1 aliphatic carbocycles. The Morgan fingerprint density at radius 3 is 2.96 bits per heavy atom. The number of hydrogen-bond donors (Lipinski definition) is 1. The molecule has 2 aromatic heterocycles. The number of ether oxygens (including phenoxy) is 1. The van der Waals surface area contributed by atoms with Crippen LogP contribution in [0.2, 0.25) is 5.02 Å². The summed E-state index contributed by atoms with van der Waals surface area (Å²) >= 11 is 5.80. The van der Waals surface area contributed by atoms with Crippen LogP contribution in [0.4, 0.5) is 10.2 Å². The highest BCUT2D eigenvalue weighted by Crippen LogP contribution is 2.40. The van der Waals surface area contributed by atoms with Gasteiger partial charge in [0.15, 0.2) is 17.5 Å². The third kappa shape index (κ3) is 2.79. The molecular weight excluding hydrogens is 321 g/mol. The maximum absolute atomic E-state index is 14.3. The van der Waals surface area contributed by atoms with Crippen LogP contribution in [0.5, 0.6) is 0 Å². The van der Waals surface area contributed by atoms with E-state index in [0.29, 0.717) is 18.9 Å². The van der Waals surface area contributed by atoms with Crippen molar-refractivity contribution in [2.45, 2.75) is 37.3 Å². The molecule has 0 unspecified atom stereocenters. The Kier molecular flexibility index (Phi) is 3.69. The lowest BCUT2D eigenvalue weighted by Crippen LogP contribution is -2.27. The molecule has 0 amide bonds. The van der Waals surface area contributed by atoms with E-state index in [-0.39, 0.29) is 23.0 Å². The average Bonchev–Trinajstić information content (AvgIpc) is 3.11. The van der Waals surface area contributed by atoms with Gasteiger partial charge in [0.2, 0.25) is 0 Å². The summed E-state index contributed by atoms with van der Waals surface area (Å²) < 4.78 is 19.8. The van der Waals surface area contributed by atoms with Gasteiger partial charge < -0.3 is 9.64 Å². The number of rotatable bonds is 4. The van der Waals surface area contributed by atoms with Crippen molar-refractivity contribution in [2.24, 2.45) is 0 Å². The Bertz CT molecular complexity index is 720. The fourth-order valence-electron chi connectivity index (χ4n) is 3.04. The van der Waals surface area contributed by atoms with Gasteiger partial charge in [0.05, 0.1) is 17.2 Å². The van der Waals surface area contributed by atoms with Gasteiger partial charge in [-0.3, -0.25) is 5.10 Å². The van der Waals surface area contributed by atoms with Crippen LogP contribution in [0.1, 0.15) is 42.9 Å². The summed E-state index contributed by atoms with van der Waals surface area (Å²) in [6.07, 6.45) is 4.43. The van der Waals surface area contributed by atoms with Gasteiger partial charge in [0.1, 0.15) is 5.82 Å². The molecule has 1 aliphatic heterocycles. The van der Waals surface area contributed by atoms with Crippen molar-refractivity contribution in [2.75, 3.05) is 18.6 Å². The molecule has 2 aliphatic rings. The molecule has 0 bridgehead atoms. The third-order valence-corrected chi connectivity index (χ3v) is 4.64. The van der Waals surface area contributed by atoms with Gasteiger partial charge in [0.25, 0.3) is 0 Å². The van der Waals surface area contributed by atoms with Gasteiger partial charge in [-0.1, -0.05) is 11.6 Å². The second-order valence-electron chi connectivity index (χ2n) is 6.07. The van der Waals surface area contributed by atoms with Crippen molar-refractivity contribution < 1.29 is 9.13 Å². The number of halogens is 2. The minimum atomic E-state index is -0.443. The summed E-state index contributed by atoms with van der Waals surface area (Å²) in [6, 6.07) is 1.14. The van der Waals surface area contributed by atoms with Crippen LogP contribution in [0.25, 0.3) is 0 Å². The number of nitrogens with zero attached hydrogens (tertiary/aromatic N) is 4. The molecule has 2 aromatic rings. The summed E-state index contributed by atoms with van der Waals surface area (Å²) in [5.74, 6) is 1.89. The van der Waals surface area contributed by atoms with Crippen LogP contribution in [-0.2, 0) is 4.74 Å². The Hall–Kier alpha value is -1.73. The predicted molar refractivity (Wildman–Crippen MR) is 83.1 cm³/mol. The molecule has 1 saturated carbocycles. The van der Waals surface area contributed by atoms with Gasteiger partial charge in [-0.15, -0.1) is 0 Å². The number of anilines is 1. The molecule has 2 fully saturated rings. The molecule has 23 heavy (non-hydrogen) atoms. The van der Waals surface area contributed by atoms with Crippen LogP contribution in [-0.4, -0.2) is 39.9 Å². The summed E-state index contributed by atoms with van der Waals surface area (Å²) in [4.78, 5) is 10.6. The van der Waals surface area contributed by atoms with Crippen molar-refractivity contribution >= 4 is 17.4 Å². The summed E-state index contributed by atoms with van der Waals surface area (Å²) in [5, 5.41) is 7.59. The zero-order valence-electron chi connectivity index (χ0n) is 12.7. The normalized spacial score (nSPS) is 24.4. The molecule has 0 aromatic carbocycles. The molecule has 8 heteroatoms. The molecule has 1 saturated heterocycles. The fraction of sp³-hybridized carbons (Fsp3) is 0.533. The van der Waals surface area contributed by atoms with E-state index in [4.69, 9.17) is 16.3 Å². The number of aromatic nitrogens is 4. The van der Waals surface area contributed by atoms with Gasteiger partial charge in [-0.2, -0.15) is 5.10 Å². The Morgan fingerprint density at radius 1 is 1.43 bits per heavy atom. The van der Waals surface area contributed by atoms with E-state index in [1.165, 1.54) is 12.3 Å². The summed E-state index contributed by atoms with van der Waals surface area (Å²) in [7, 11) is 1.66. The van der Waals surface area contributed by atoms with Gasteiger partial charge >= 0.3 is 0 Å². The first-order valence-corrected chi connectivity index (χ1v) is 8.06. The minimum Gasteiger partial charge on any atom is -0.380 e. The SMILES string of the molecule is CO[C@@H]1C[C@@H](c2nc(C3CC3)n[nH]2)N(c2ncc(Cl)cc2F)C1. The van der Waals surface area contributed by atoms with Gasteiger partial charge in [-0.05, 0) is 18.9 Å². The van der Waals surface area contributed by atoms with Crippen molar-refractivity contribution in [3.05, 3.63) is 34.8 Å². The molecule has 122 valence electrons. The second kappa shape index (κ2) is 5.72. The standard InChI is InChI=1S/C15H17ClFN5O/c1-23-10-5-12(14-19-13(20-21-14)8-2-3-8)22(7-10)15-11(17)4-9(16)6-18-15/h4,6,8,10,12H,2-3,5,7H2,1H3,(H,19,20,21)/t10-,12+/m1/s1. The Balaban J connectivity index is 1.67. The van der Waals surface area contributed by atoms with Crippen molar-refractivity contribution in [1.82, 2.24) is 20.2 Å². The monoisotopic (exact) mass is 337 g/mol. The van der Waals surface area contributed by atoms with Crippen LogP contribution < -0.4 is 4.90 Å². The highest BCUT2D eigenvalue weighted by molar-refractivity contribution is 6.30. The molecule has 0 radical (unpaired) electrons. The van der Waals surface area contributed by atoms with E-state index in [1.54, 1.807) is 7.11 Å². The zero-order valence-corrected chi connectivity index (χ0v) is 13.4. The first kappa shape index (κ1) is 14.8. The number of aromatic amines is 1. The Morgan fingerprint density at radius 2 is 2.26 bits per heavy atom. The van der Waals surface area contributed by atoms with E-state index < -0.39 is 5.82 Å². The maximum atomic E-state index is 14.3. The smallest absolute Gasteiger partial charge is 0.167 e. The second-order valence-corrected chi connectivity index (χ2v) is 6.51. The van der Waals surface area contributed by atoms with Crippen molar-refractivity contribution in [1.29, 1.82) is 0 Å². The highest BCUT2D eigenvalue weighted by atomic mass is 35.5. The molecule has 0 spiro atoms. The van der Waals surface area contributed by atoms with Crippen LogP contribution in [0.15, 0.2) is 12.3 Å². The quantitative estimate of drug-likeness (QED) is 0.929. The van der Waals surface area contributed by atoms with Gasteiger partial charge in [0, 0.05) is 32.2 Å². The molecular formula is C15H17ClFN5O. The number of nitrogens with one attached hydrogen (secondary N) is 1. The van der Waals surface area contributed by atoms with E-state index in [2.05, 4.69) is 20.2 Å². The Labute approximate surface area is 138 Å². The zero-order chi connectivity index (χ0) is 16.0. The molecule has 3 heterocycles. The number of pyridine rings is 1. The minimum absolute atomic E-state index is 0.00801. The average molecular weight is 338 g/mol. The number of methoxy groups -OCH3 is 1. The molecule has 2 atom stereocenters. The van der Waals surface area contributed by atoms with E-state index in [0.717, 1.165) is 24.5 Å². The lowest BCUT2D eigenvalue weighted by atomic mass is 10.2. The molecule has 4 rings (SSSR count). The fourth-order valence-corrected chi connectivity index (χ4v) is 3.19. The number of H-pyrrole nitrogens is 1. The summed E-state index contributed by atoms with van der Waals surface area (Å²) in [6.45, 7) is 0.548. The van der Waals surface area contributed by atoms with E-state index >= 15 is 0 Å². The van der Waals surface area contributed by atoms with Gasteiger partial charge in [-0.25, -0.2) is 14.4 Å². The molecule has 6 nitrogen and oxygen atoms in total. The first-order valence-electron chi connectivity index (χ1n) is 7.68. The third-order valence-electron chi connectivity index (χ3n) is 4.43. The lowest BCUT2D eigenvalue weighted by molar-refractivity contribution is 0.118.